The van der Waals surface area contributed by atoms with E-state index in [1.807, 2.05) is 0 Å². The summed E-state index contributed by atoms with van der Waals surface area (Å²) < 4.78 is -0.480. The first-order valence-corrected chi connectivity index (χ1v) is 6.38. The lowest BCUT2D eigenvalue weighted by Crippen LogP contribution is -2.40. The Morgan fingerprint density at radius 2 is 1.95 bits per heavy atom. The fourth-order valence-electron chi connectivity index (χ4n) is 1.45. The van der Waals surface area contributed by atoms with Crippen molar-refractivity contribution in [3.8, 4) is 0 Å². The van der Waals surface area contributed by atoms with Gasteiger partial charge in [-0.15, -0.1) is 0 Å². The predicted molar refractivity (Wildman–Crippen MR) is 73.3 cm³/mol. The highest BCUT2D eigenvalue weighted by molar-refractivity contribution is 6.67. The number of hydrogen-bond acceptors (Lipinski definition) is 3. The lowest BCUT2D eigenvalue weighted by molar-refractivity contribution is 0.0916. The first kappa shape index (κ1) is 14.1. The minimum atomic E-state index is -1.75. The van der Waals surface area contributed by atoms with Gasteiger partial charge in [-0.25, -0.2) is 9.67 Å². The number of nitrogens with one attached hydrogen (secondary N) is 1. The van der Waals surface area contributed by atoms with Crippen molar-refractivity contribution in [2.24, 2.45) is 0 Å². The van der Waals surface area contributed by atoms with Crippen LogP contribution in [0.1, 0.15) is 16.5 Å². The second-order valence-corrected chi connectivity index (χ2v) is 6.03. The molecule has 1 aromatic carbocycles. The Balaban J connectivity index is 2.21. The van der Waals surface area contributed by atoms with Crippen molar-refractivity contribution in [1.82, 2.24) is 20.1 Å². The second-order valence-electron chi connectivity index (χ2n) is 3.66. The van der Waals surface area contributed by atoms with Crippen LogP contribution in [0, 0.1) is 0 Å². The smallest absolute Gasteiger partial charge is 0.253 e. The lowest BCUT2D eigenvalue weighted by Gasteiger charge is -2.25. The molecule has 2 rings (SSSR count). The molecule has 1 aromatic heterocycles. The second kappa shape index (κ2) is 5.77. The number of carbonyl (C=O) groups excluding carboxylic acids is 1. The minimum Gasteiger partial charge on any atom is -0.327 e. The summed E-state index contributed by atoms with van der Waals surface area (Å²) in [4.78, 5) is 15.8. The molecule has 1 unspecified atom stereocenters. The number of alkyl halides is 3. The van der Waals surface area contributed by atoms with Crippen LogP contribution in [-0.2, 0) is 0 Å². The topological polar surface area (TPSA) is 59.8 Å². The first-order valence-electron chi connectivity index (χ1n) is 5.25. The average molecular weight is 320 g/mol. The molecule has 0 bridgehead atoms. The van der Waals surface area contributed by atoms with E-state index in [-0.39, 0.29) is 5.91 Å². The Kier molecular flexibility index (Phi) is 4.29. The van der Waals surface area contributed by atoms with Gasteiger partial charge in [-0.05, 0) is 12.1 Å². The Bertz CT molecular complexity index is 539. The Morgan fingerprint density at radius 1 is 1.26 bits per heavy atom. The molecule has 0 fully saturated rings. The number of amides is 1. The quantitative estimate of drug-likeness (QED) is 0.885. The zero-order valence-electron chi connectivity index (χ0n) is 9.50. The number of halogens is 3. The SMILES string of the molecule is O=C(NC(n1cncn1)C(Cl)(Cl)Cl)c1ccccc1. The van der Waals surface area contributed by atoms with Gasteiger partial charge in [0.05, 0.1) is 0 Å². The van der Waals surface area contributed by atoms with E-state index in [0.29, 0.717) is 5.56 Å². The predicted octanol–water partition coefficient (Wildman–Crippen LogP) is 2.58. The van der Waals surface area contributed by atoms with Crippen molar-refractivity contribution in [1.29, 1.82) is 0 Å². The largest absolute Gasteiger partial charge is 0.327 e. The summed E-state index contributed by atoms with van der Waals surface area (Å²) in [6, 6.07) is 8.61. The summed E-state index contributed by atoms with van der Waals surface area (Å²) in [5, 5.41) is 6.47. The Labute approximate surface area is 124 Å². The van der Waals surface area contributed by atoms with Gasteiger partial charge >= 0.3 is 0 Å². The number of nitrogens with zero attached hydrogens (tertiary/aromatic N) is 3. The molecule has 0 aliphatic rings. The molecular weight excluding hydrogens is 311 g/mol. The van der Waals surface area contributed by atoms with E-state index in [1.165, 1.54) is 17.3 Å². The fourth-order valence-corrected chi connectivity index (χ4v) is 1.91. The van der Waals surface area contributed by atoms with Crippen LogP contribution in [0.4, 0.5) is 0 Å². The third kappa shape index (κ3) is 3.59. The number of aromatic nitrogens is 3. The average Bonchev–Trinajstić information content (AvgIpc) is 2.88. The van der Waals surface area contributed by atoms with Gasteiger partial charge in [-0.1, -0.05) is 53.0 Å². The molecule has 1 amide bonds. The first-order chi connectivity index (χ1) is 8.98. The minimum absolute atomic E-state index is 0.368. The number of rotatable bonds is 3. The van der Waals surface area contributed by atoms with Crippen LogP contribution in [0.2, 0.25) is 0 Å². The molecule has 5 nitrogen and oxygen atoms in total. The van der Waals surface area contributed by atoms with Crippen molar-refractivity contribution in [3.05, 3.63) is 48.5 Å². The van der Waals surface area contributed by atoms with Gasteiger partial charge in [0.25, 0.3) is 5.91 Å². The van der Waals surface area contributed by atoms with E-state index in [0.717, 1.165) is 0 Å². The molecule has 0 radical (unpaired) electrons. The number of carbonyl (C=O) groups is 1. The molecule has 0 saturated heterocycles. The summed E-state index contributed by atoms with van der Waals surface area (Å²) in [5.41, 5.74) is 0.460. The zero-order chi connectivity index (χ0) is 13.9. The Morgan fingerprint density at radius 3 is 2.47 bits per heavy atom. The maximum Gasteiger partial charge on any atom is 0.253 e. The molecule has 8 heteroatoms. The molecule has 0 aliphatic carbocycles. The van der Waals surface area contributed by atoms with Gasteiger partial charge < -0.3 is 5.32 Å². The van der Waals surface area contributed by atoms with E-state index >= 15 is 0 Å². The van der Waals surface area contributed by atoms with Crippen LogP contribution in [0.3, 0.4) is 0 Å². The van der Waals surface area contributed by atoms with Gasteiger partial charge in [0.2, 0.25) is 3.79 Å². The summed E-state index contributed by atoms with van der Waals surface area (Å²) in [6.07, 6.45) is 1.70. The molecule has 0 aliphatic heterocycles. The number of benzene rings is 1. The van der Waals surface area contributed by atoms with E-state index in [2.05, 4.69) is 15.4 Å². The van der Waals surface area contributed by atoms with Gasteiger partial charge in [0.15, 0.2) is 6.17 Å². The molecule has 100 valence electrons. The van der Waals surface area contributed by atoms with Crippen LogP contribution in [0.25, 0.3) is 0 Å². The van der Waals surface area contributed by atoms with Crippen molar-refractivity contribution in [2.75, 3.05) is 0 Å². The van der Waals surface area contributed by atoms with Gasteiger partial charge in [-0.2, -0.15) is 5.10 Å². The molecule has 1 N–H and O–H groups in total. The Hall–Kier alpha value is -1.30. The molecule has 2 aromatic rings. The van der Waals surface area contributed by atoms with E-state index in [9.17, 15) is 4.79 Å². The van der Waals surface area contributed by atoms with E-state index < -0.39 is 9.96 Å². The van der Waals surface area contributed by atoms with E-state index in [4.69, 9.17) is 34.8 Å². The maximum absolute atomic E-state index is 12.0. The molecule has 0 saturated carbocycles. The van der Waals surface area contributed by atoms with Crippen LogP contribution in [0.5, 0.6) is 0 Å². The molecule has 1 heterocycles. The summed E-state index contributed by atoms with van der Waals surface area (Å²) in [6.45, 7) is 0. The normalized spacial score (nSPS) is 13.0. The van der Waals surface area contributed by atoms with E-state index in [1.54, 1.807) is 30.3 Å². The number of hydrogen-bond donors (Lipinski definition) is 1. The van der Waals surface area contributed by atoms with Gasteiger partial charge in [0.1, 0.15) is 12.7 Å². The molecule has 0 spiro atoms. The van der Waals surface area contributed by atoms with Gasteiger partial charge in [-0.3, -0.25) is 4.79 Å². The maximum atomic E-state index is 12.0. The van der Waals surface area contributed by atoms with Crippen LogP contribution >= 0.6 is 34.8 Å². The van der Waals surface area contributed by atoms with Crippen LogP contribution < -0.4 is 5.32 Å². The van der Waals surface area contributed by atoms with Crippen molar-refractivity contribution in [2.45, 2.75) is 9.96 Å². The van der Waals surface area contributed by atoms with Crippen molar-refractivity contribution >= 4 is 40.7 Å². The summed E-state index contributed by atoms with van der Waals surface area (Å²) >= 11 is 17.5. The van der Waals surface area contributed by atoms with Crippen molar-refractivity contribution < 1.29 is 4.79 Å². The third-order valence-electron chi connectivity index (χ3n) is 2.31. The molecule has 19 heavy (non-hydrogen) atoms. The zero-order valence-corrected chi connectivity index (χ0v) is 11.8. The lowest BCUT2D eigenvalue weighted by atomic mass is 10.2. The highest BCUT2D eigenvalue weighted by Gasteiger charge is 2.36. The standard InChI is InChI=1S/C11H9Cl3N4O/c12-11(13,14)10(18-7-15-6-16-18)17-9(19)8-4-2-1-3-5-8/h1-7,10H,(H,17,19). The summed E-state index contributed by atoms with van der Waals surface area (Å²) in [7, 11) is 0. The third-order valence-corrected chi connectivity index (χ3v) is 2.94. The van der Waals surface area contributed by atoms with Crippen LogP contribution in [0.15, 0.2) is 43.0 Å². The fraction of sp³-hybridized carbons (Fsp3) is 0.182. The summed E-state index contributed by atoms with van der Waals surface area (Å²) in [5.74, 6) is -0.368. The molecular formula is C11H9Cl3N4O. The molecule has 1 atom stereocenters. The highest BCUT2D eigenvalue weighted by Crippen LogP contribution is 2.36. The van der Waals surface area contributed by atoms with Gasteiger partial charge in [0, 0.05) is 5.56 Å². The highest BCUT2D eigenvalue weighted by atomic mass is 35.6. The van der Waals surface area contributed by atoms with Crippen LogP contribution in [-0.4, -0.2) is 24.5 Å². The van der Waals surface area contributed by atoms with Crippen molar-refractivity contribution in [3.63, 3.8) is 0 Å². The monoisotopic (exact) mass is 318 g/mol.